The first-order valence-electron chi connectivity index (χ1n) is 4.04. The average molecular weight is 297 g/mol. The molecule has 0 bridgehead atoms. The highest BCUT2D eigenvalue weighted by Crippen LogP contribution is 2.29. The van der Waals surface area contributed by atoms with Crippen LogP contribution in [-0.2, 0) is 4.79 Å². The number of nitrogens with two attached hydrogens (primary N) is 1. The van der Waals surface area contributed by atoms with Crippen molar-refractivity contribution >= 4 is 33.5 Å². The van der Waals surface area contributed by atoms with E-state index in [1.807, 2.05) is 0 Å². The fraction of sp³-hybridized carbons (Fsp3) is 0.222. The molecule has 0 radical (unpaired) electrons. The van der Waals surface area contributed by atoms with Crippen LogP contribution in [0.3, 0.4) is 0 Å². The number of carboxylic acid groups (broad SMARTS) is 1. The van der Waals surface area contributed by atoms with E-state index in [-0.39, 0.29) is 16.0 Å². The number of aliphatic carboxylic acids is 1. The summed E-state index contributed by atoms with van der Waals surface area (Å²) in [5.74, 6) is -2.54. The second-order valence-electron chi connectivity index (χ2n) is 2.91. The molecular weight excluding hydrogens is 288 g/mol. The van der Waals surface area contributed by atoms with Crippen LogP contribution in [0.15, 0.2) is 16.6 Å². The molecule has 0 spiro atoms. The van der Waals surface area contributed by atoms with Crippen molar-refractivity contribution in [2.45, 2.75) is 5.92 Å². The molecule has 82 valence electrons. The zero-order valence-corrected chi connectivity index (χ0v) is 9.85. The average Bonchev–Trinajstić information content (AvgIpc) is 2.14. The molecule has 1 aromatic carbocycles. The minimum absolute atomic E-state index is 0.0635. The molecule has 1 aromatic rings. The van der Waals surface area contributed by atoms with Crippen molar-refractivity contribution in [1.29, 1.82) is 0 Å². The monoisotopic (exact) mass is 295 g/mol. The summed E-state index contributed by atoms with van der Waals surface area (Å²) >= 11 is 8.70. The molecule has 3 N–H and O–H groups in total. The Hall–Kier alpha value is -0.650. The van der Waals surface area contributed by atoms with Gasteiger partial charge >= 0.3 is 5.97 Å². The third-order valence-electron chi connectivity index (χ3n) is 1.95. The Morgan fingerprint density at radius 2 is 2.27 bits per heavy atom. The topological polar surface area (TPSA) is 63.3 Å². The van der Waals surface area contributed by atoms with E-state index < -0.39 is 17.7 Å². The van der Waals surface area contributed by atoms with Crippen LogP contribution in [0, 0.1) is 5.82 Å². The molecule has 1 unspecified atom stereocenters. The first-order chi connectivity index (χ1) is 6.97. The fourth-order valence-electron chi connectivity index (χ4n) is 1.17. The molecule has 1 atom stereocenters. The lowest BCUT2D eigenvalue weighted by Crippen LogP contribution is -2.21. The van der Waals surface area contributed by atoms with Crippen molar-refractivity contribution in [3.8, 4) is 0 Å². The predicted molar refractivity (Wildman–Crippen MR) is 58.5 cm³/mol. The van der Waals surface area contributed by atoms with Crippen molar-refractivity contribution < 1.29 is 14.3 Å². The van der Waals surface area contributed by atoms with Gasteiger partial charge in [-0.3, -0.25) is 4.79 Å². The van der Waals surface area contributed by atoms with Gasteiger partial charge in [0.2, 0.25) is 0 Å². The third kappa shape index (κ3) is 2.68. The molecule has 0 aliphatic carbocycles. The lowest BCUT2D eigenvalue weighted by molar-refractivity contribution is -0.138. The van der Waals surface area contributed by atoms with Gasteiger partial charge in [0.25, 0.3) is 0 Å². The van der Waals surface area contributed by atoms with Gasteiger partial charge in [-0.1, -0.05) is 11.6 Å². The van der Waals surface area contributed by atoms with Crippen molar-refractivity contribution in [3.63, 3.8) is 0 Å². The van der Waals surface area contributed by atoms with Crippen molar-refractivity contribution in [1.82, 2.24) is 0 Å². The second kappa shape index (κ2) is 4.92. The van der Waals surface area contributed by atoms with E-state index in [2.05, 4.69) is 15.9 Å². The summed E-state index contributed by atoms with van der Waals surface area (Å²) in [6, 6.07) is 2.40. The highest BCUT2D eigenvalue weighted by Gasteiger charge is 2.22. The van der Waals surface area contributed by atoms with E-state index in [0.717, 1.165) is 6.07 Å². The largest absolute Gasteiger partial charge is 0.481 e. The fourth-order valence-corrected chi connectivity index (χ4v) is 1.81. The number of carboxylic acids is 1. The van der Waals surface area contributed by atoms with Gasteiger partial charge in [0.1, 0.15) is 5.82 Å². The standard InChI is InChI=1S/C9H8BrClFNO2/c10-6-1-4(5(3-13)9(14)15)7(11)2-8(6)12/h1-2,5H,3,13H2,(H,14,15). The molecule has 0 saturated heterocycles. The highest BCUT2D eigenvalue weighted by molar-refractivity contribution is 9.10. The Morgan fingerprint density at radius 1 is 1.67 bits per heavy atom. The maximum absolute atomic E-state index is 13.0. The van der Waals surface area contributed by atoms with Gasteiger partial charge in [-0.2, -0.15) is 0 Å². The molecular formula is C9H8BrClFNO2. The minimum Gasteiger partial charge on any atom is -0.481 e. The molecule has 0 aromatic heterocycles. The summed E-state index contributed by atoms with van der Waals surface area (Å²) in [7, 11) is 0. The molecule has 3 nitrogen and oxygen atoms in total. The van der Waals surface area contributed by atoms with E-state index in [0.29, 0.717) is 5.56 Å². The Bertz CT molecular complexity index is 400. The number of halogens is 3. The van der Waals surface area contributed by atoms with E-state index >= 15 is 0 Å². The molecule has 0 fully saturated rings. The van der Waals surface area contributed by atoms with Crippen molar-refractivity contribution in [2.75, 3.05) is 6.54 Å². The highest BCUT2D eigenvalue weighted by atomic mass is 79.9. The van der Waals surface area contributed by atoms with Gasteiger partial charge in [0.15, 0.2) is 0 Å². The molecule has 0 amide bonds. The molecule has 6 heteroatoms. The molecule has 0 saturated carbocycles. The van der Waals surface area contributed by atoms with Crippen LogP contribution < -0.4 is 5.73 Å². The lowest BCUT2D eigenvalue weighted by Gasteiger charge is -2.12. The molecule has 0 heterocycles. The van der Waals surface area contributed by atoms with Gasteiger partial charge in [0.05, 0.1) is 10.4 Å². The Morgan fingerprint density at radius 3 is 2.73 bits per heavy atom. The zero-order valence-electron chi connectivity index (χ0n) is 7.51. The Balaban J connectivity index is 3.24. The van der Waals surface area contributed by atoms with Crippen LogP contribution in [0.25, 0.3) is 0 Å². The van der Waals surface area contributed by atoms with E-state index in [4.69, 9.17) is 22.4 Å². The van der Waals surface area contributed by atoms with Gasteiger partial charge in [0, 0.05) is 11.6 Å². The SMILES string of the molecule is NCC(C(=O)O)c1cc(Br)c(F)cc1Cl. The number of hydrogen-bond donors (Lipinski definition) is 2. The van der Waals surface area contributed by atoms with Gasteiger partial charge in [-0.05, 0) is 33.6 Å². The first kappa shape index (κ1) is 12.4. The summed E-state index contributed by atoms with van der Waals surface area (Å²) in [4.78, 5) is 10.8. The second-order valence-corrected chi connectivity index (χ2v) is 4.18. The summed E-state index contributed by atoms with van der Waals surface area (Å²) in [5, 5.41) is 8.93. The summed E-state index contributed by atoms with van der Waals surface area (Å²) in [6.07, 6.45) is 0. The maximum Gasteiger partial charge on any atom is 0.312 e. The quantitative estimate of drug-likeness (QED) is 0.842. The number of carbonyl (C=O) groups is 1. The van der Waals surface area contributed by atoms with Gasteiger partial charge in [-0.25, -0.2) is 4.39 Å². The molecule has 0 aliphatic heterocycles. The van der Waals surface area contributed by atoms with Crippen LogP contribution in [-0.4, -0.2) is 17.6 Å². The van der Waals surface area contributed by atoms with Crippen molar-refractivity contribution in [3.05, 3.63) is 33.0 Å². The number of hydrogen-bond acceptors (Lipinski definition) is 2. The summed E-state index contributed by atoms with van der Waals surface area (Å²) in [6.45, 7) is -0.0902. The third-order valence-corrected chi connectivity index (χ3v) is 2.88. The van der Waals surface area contributed by atoms with Crippen LogP contribution in [0.5, 0.6) is 0 Å². The minimum atomic E-state index is -1.09. The summed E-state index contributed by atoms with van der Waals surface area (Å²) in [5.41, 5.74) is 5.62. The van der Waals surface area contributed by atoms with Crippen LogP contribution in [0.2, 0.25) is 5.02 Å². The van der Waals surface area contributed by atoms with E-state index in [1.54, 1.807) is 0 Å². The van der Waals surface area contributed by atoms with Crippen LogP contribution in [0.1, 0.15) is 11.5 Å². The first-order valence-corrected chi connectivity index (χ1v) is 5.21. The number of rotatable bonds is 3. The van der Waals surface area contributed by atoms with Gasteiger partial charge in [-0.15, -0.1) is 0 Å². The zero-order chi connectivity index (χ0) is 11.6. The molecule has 0 aliphatic rings. The van der Waals surface area contributed by atoms with E-state index in [9.17, 15) is 9.18 Å². The van der Waals surface area contributed by atoms with Crippen LogP contribution >= 0.6 is 27.5 Å². The van der Waals surface area contributed by atoms with Crippen LogP contribution in [0.4, 0.5) is 4.39 Å². The Kier molecular flexibility index (Phi) is 4.07. The maximum atomic E-state index is 13.0. The van der Waals surface area contributed by atoms with E-state index in [1.165, 1.54) is 6.07 Å². The smallest absolute Gasteiger partial charge is 0.312 e. The summed E-state index contributed by atoms with van der Waals surface area (Å²) < 4.78 is 13.2. The number of benzene rings is 1. The molecule has 1 rings (SSSR count). The predicted octanol–water partition coefficient (Wildman–Crippen LogP) is 2.37. The normalized spacial score (nSPS) is 12.5. The van der Waals surface area contributed by atoms with Gasteiger partial charge < -0.3 is 10.8 Å². The lowest BCUT2D eigenvalue weighted by atomic mass is 9.99. The molecule has 15 heavy (non-hydrogen) atoms. The van der Waals surface area contributed by atoms with Crippen molar-refractivity contribution in [2.24, 2.45) is 5.73 Å². The Labute approximate surface area is 99.2 Å².